The highest BCUT2D eigenvalue weighted by atomic mass is 16.2. The van der Waals surface area contributed by atoms with E-state index in [2.05, 4.69) is 29.6 Å². The maximum absolute atomic E-state index is 10.8. The minimum atomic E-state index is -0.608. The van der Waals surface area contributed by atoms with E-state index in [0.717, 1.165) is 25.0 Å². The van der Waals surface area contributed by atoms with Crippen LogP contribution in [0.5, 0.6) is 0 Å². The van der Waals surface area contributed by atoms with E-state index in [-0.39, 0.29) is 5.41 Å². The van der Waals surface area contributed by atoms with Crippen LogP contribution in [0.15, 0.2) is 35.4 Å². The van der Waals surface area contributed by atoms with E-state index >= 15 is 0 Å². The number of urea groups is 1. The lowest BCUT2D eigenvalue weighted by Gasteiger charge is -2.35. The van der Waals surface area contributed by atoms with Crippen molar-refractivity contribution in [3.05, 3.63) is 35.9 Å². The number of nitrogens with zero attached hydrogens (tertiary/aromatic N) is 1. The number of nitrogens with two attached hydrogens (primary N) is 1. The van der Waals surface area contributed by atoms with Gasteiger partial charge in [0.1, 0.15) is 0 Å². The smallest absolute Gasteiger partial charge is 0.332 e. The molecule has 1 fully saturated rings. The molecule has 0 heterocycles. The number of hydrogen-bond acceptors (Lipinski definition) is 2. The Bertz CT molecular complexity index is 455. The van der Waals surface area contributed by atoms with Gasteiger partial charge in [-0.25, -0.2) is 10.2 Å². The molecule has 3 N–H and O–H groups in total. The van der Waals surface area contributed by atoms with Crippen molar-refractivity contribution in [2.75, 3.05) is 0 Å². The van der Waals surface area contributed by atoms with Gasteiger partial charge < -0.3 is 5.73 Å². The van der Waals surface area contributed by atoms with Gasteiger partial charge in [-0.15, -0.1) is 0 Å². The number of benzene rings is 1. The van der Waals surface area contributed by atoms with Crippen LogP contribution in [0.25, 0.3) is 0 Å². The number of nitrogens with one attached hydrogen (secondary N) is 1. The normalized spacial score (nSPS) is 25.9. The van der Waals surface area contributed by atoms with E-state index in [4.69, 9.17) is 5.73 Å². The average Bonchev–Trinajstić information content (AvgIpc) is 2.39. The van der Waals surface area contributed by atoms with Crippen molar-refractivity contribution in [1.29, 1.82) is 0 Å². The molecule has 1 aliphatic carbocycles. The number of amides is 2. The van der Waals surface area contributed by atoms with Crippen LogP contribution in [-0.4, -0.2) is 11.7 Å². The molecule has 4 nitrogen and oxygen atoms in total. The Morgan fingerprint density at radius 1 is 1.33 bits per heavy atom. The Hall–Kier alpha value is -1.84. The number of primary amides is 1. The molecular weight excluding hydrogens is 226 g/mol. The minimum Gasteiger partial charge on any atom is -0.350 e. The number of rotatable bonds is 2. The Balaban J connectivity index is 2.32. The summed E-state index contributed by atoms with van der Waals surface area (Å²) >= 11 is 0. The second-order valence-corrected chi connectivity index (χ2v) is 4.94. The topological polar surface area (TPSA) is 67.5 Å². The largest absolute Gasteiger partial charge is 0.350 e. The number of carbonyl (C=O) groups is 1. The summed E-state index contributed by atoms with van der Waals surface area (Å²) in [6, 6.07) is 9.70. The predicted octanol–water partition coefficient (Wildman–Crippen LogP) is 2.54. The van der Waals surface area contributed by atoms with Crippen LogP contribution in [-0.2, 0) is 5.41 Å². The number of hydrazone groups is 1. The molecule has 18 heavy (non-hydrogen) atoms. The SMILES string of the molecule is CC1(c2ccccc2)CCCCC1=NNC(N)=O. The van der Waals surface area contributed by atoms with Gasteiger partial charge in [-0.05, 0) is 24.8 Å². The van der Waals surface area contributed by atoms with Gasteiger partial charge in [-0.2, -0.15) is 5.10 Å². The fourth-order valence-electron chi connectivity index (χ4n) is 2.61. The Kier molecular flexibility index (Phi) is 3.65. The van der Waals surface area contributed by atoms with E-state index in [1.165, 1.54) is 12.0 Å². The van der Waals surface area contributed by atoms with Gasteiger partial charge >= 0.3 is 6.03 Å². The Labute approximate surface area is 107 Å². The quantitative estimate of drug-likeness (QED) is 0.772. The molecule has 0 radical (unpaired) electrons. The zero-order valence-corrected chi connectivity index (χ0v) is 10.6. The average molecular weight is 245 g/mol. The summed E-state index contributed by atoms with van der Waals surface area (Å²) in [5, 5.41) is 4.20. The van der Waals surface area contributed by atoms with Crippen molar-refractivity contribution in [1.82, 2.24) is 5.43 Å². The van der Waals surface area contributed by atoms with E-state index in [1.807, 2.05) is 18.2 Å². The molecule has 4 heteroatoms. The van der Waals surface area contributed by atoms with Crippen LogP contribution >= 0.6 is 0 Å². The van der Waals surface area contributed by atoms with Crippen LogP contribution in [0.3, 0.4) is 0 Å². The second kappa shape index (κ2) is 5.21. The highest BCUT2D eigenvalue weighted by molar-refractivity contribution is 5.95. The van der Waals surface area contributed by atoms with E-state index in [9.17, 15) is 4.79 Å². The Morgan fingerprint density at radius 2 is 2.06 bits per heavy atom. The van der Waals surface area contributed by atoms with Gasteiger partial charge in [0, 0.05) is 11.1 Å². The molecule has 1 aliphatic rings. The summed E-state index contributed by atoms with van der Waals surface area (Å²) in [5.41, 5.74) is 9.61. The first-order valence-corrected chi connectivity index (χ1v) is 6.31. The van der Waals surface area contributed by atoms with Crippen molar-refractivity contribution in [3.63, 3.8) is 0 Å². The highest BCUT2D eigenvalue weighted by Gasteiger charge is 2.34. The summed E-state index contributed by atoms with van der Waals surface area (Å²) in [4.78, 5) is 10.8. The number of hydrogen-bond donors (Lipinski definition) is 2. The fraction of sp³-hybridized carbons (Fsp3) is 0.429. The first-order chi connectivity index (χ1) is 8.63. The number of carbonyl (C=O) groups excluding carboxylic acids is 1. The summed E-state index contributed by atoms with van der Waals surface area (Å²) in [5.74, 6) is 0. The second-order valence-electron chi connectivity index (χ2n) is 4.94. The van der Waals surface area contributed by atoms with Gasteiger partial charge in [0.15, 0.2) is 0 Å². The van der Waals surface area contributed by atoms with E-state index in [1.54, 1.807) is 0 Å². The lowest BCUT2D eigenvalue weighted by molar-refractivity contribution is 0.249. The van der Waals surface area contributed by atoms with E-state index < -0.39 is 6.03 Å². The third-order valence-electron chi connectivity index (χ3n) is 3.69. The van der Waals surface area contributed by atoms with Gasteiger partial charge in [0.05, 0.1) is 0 Å². The van der Waals surface area contributed by atoms with Crippen molar-refractivity contribution in [3.8, 4) is 0 Å². The molecule has 1 unspecified atom stereocenters. The van der Waals surface area contributed by atoms with Crippen molar-refractivity contribution in [2.24, 2.45) is 10.8 Å². The third-order valence-corrected chi connectivity index (χ3v) is 3.69. The zero-order chi connectivity index (χ0) is 13.0. The molecule has 2 rings (SSSR count). The molecular formula is C14H19N3O. The summed E-state index contributed by atoms with van der Waals surface area (Å²) in [6.45, 7) is 2.18. The first kappa shape index (κ1) is 12.6. The summed E-state index contributed by atoms with van der Waals surface area (Å²) in [6.07, 6.45) is 4.25. The molecule has 1 aromatic carbocycles. The van der Waals surface area contributed by atoms with Crippen LogP contribution in [0, 0.1) is 0 Å². The van der Waals surface area contributed by atoms with E-state index in [0.29, 0.717) is 0 Å². The van der Waals surface area contributed by atoms with Crippen LogP contribution in [0.4, 0.5) is 4.79 Å². The lowest BCUT2D eigenvalue weighted by atomic mass is 9.69. The minimum absolute atomic E-state index is 0.0953. The molecule has 0 aliphatic heterocycles. The van der Waals surface area contributed by atoms with Gasteiger partial charge in [-0.1, -0.05) is 43.7 Å². The van der Waals surface area contributed by atoms with Crippen LogP contribution < -0.4 is 11.2 Å². The third kappa shape index (κ3) is 2.53. The molecule has 96 valence electrons. The maximum atomic E-state index is 10.8. The molecule has 1 aromatic rings. The summed E-state index contributed by atoms with van der Waals surface area (Å²) < 4.78 is 0. The van der Waals surface area contributed by atoms with Gasteiger partial charge in [0.25, 0.3) is 0 Å². The molecule has 2 amide bonds. The van der Waals surface area contributed by atoms with Crippen molar-refractivity contribution >= 4 is 11.7 Å². The Morgan fingerprint density at radius 3 is 2.72 bits per heavy atom. The van der Waals surface area contributed by atoms with Crippen molar-refractivity contribution < 1.29 is 4.79 Å². The first-order valence-electron chi connectivity index (χ1n) is 6.31. The van der Waals surface area contributed by atoms with Crippen molar-refractivity contribution in [2.45, 2.75) is 38.0 Å². The van der Waals surface area contributed by atoms with Crippen LogP contribution in [0.1, 0.15) is 38.2 Å². The highest BCUT2D eigenvalue weighted by Crippen LogP contribution is 2.36. The summed E-state index contributed by atoms with van der Waals surface area (Å²) in [7, 11) is 0. The maximum Gasteiger partial charge on any atom is 0.332 e. The fourth-order valence-corrected chi connectivity index (χ4v) is 2.61. The zero-order valence-electron chi connectivity index (χ0n) is 10.6. The predicted molar refractivity (Wildman–Crippen MR) is 72.4 cm³/mol. The lowest BCUT2D eigenvalue weighted by Crippen LogP contribution is -2.38. The van der Waals surface area contributed by atoms with Gasteiger partial charge in [0.2, 0.25) is 0 Å². The monoisotopic (exact) mass is 245 g/mol. The van der Waals surface area contributed by atoms with Crippen LogP contribution in [0.2, 0.25) is 0 Å². The van der Waals surface area contributed by atoms with Gasteiger partial charge in [-0.3, -0.25) is 0 Å². The molecule has 1 atom stereocenters. The molecule has 0 aromatic heterocycles. The molecule has 1 saturated carbocycles. The standard InChI is InChI=1S/C14H19N3O/c1-14(11-7-3-2-4-8-11)10-6-5-9-12(14)16-17-13(15)18/h2-4,7-8H,5-6,9-10H2,1H3,(H3,15,17,18). The molecule has 0 spiro atoms. The molecule has 0 saturated heterocycles. The molecule has 0 bridgehead atoms.